The molecular weight excluding hydrogens is 200 g/mol. The molecule has 15 heavy (non-hydrogen) atoms. The van der Waals surface area contributed by atoms with Gasteiger partial charge in [-0.05, 0) is 5.54 Å². The first kappa shape index (κ1) is 9.91. The third-order valence-corrected chi connectivity index (χ3v) is 2.83. The minimum Gasteiger partial charge on any atom is -0.334 e. The number of nitrogens with zero attached hydrogens (tertiary/aromatic N) is 1. The molecule has 0 unspecified atom stereocenters. The summed E-state index contributed by atoms with van der Waals surface area (Å²) in [6, 6.07) is 1.99. The molecule has 0 fully saturated rings. The second kappa shape index (κ2) is 3.51. The number of H-pyrrole nitrogens is 1. The minimum atomic E-state index is -1.32. The standard InChI is InChI=1S/C12H13N2Si/c1-15(2,3)9-6-10-4-7-13-12-11(10)5-8-14-12/h5,7-8H,1-3H3,(H,13,14)/q+1. The van der Waals surface area contributed by atoms with Crippen LogP contribution in [0.1, 0.15) is 0 Å². The number of aromatic nitrogens is 1. The molecule has 1 aromatic rings. The summed E-state index contributed by atoms with van der Waals surface area (Å²) in [5.41, 5.74) is 5.17. The van der Waals surface area contributed by atoms with E-state index >= 15 is 0 Å². The second-order valence-electron chi connectivity index (χ2n) is 4.52. The van der Waals surface area contributed by atoms with E-state index in [1.807, 2.05) is 12.3 Å². The van der Waals surface area contributed by atoms with Crippen LogP contribution in [0, 0.1) is 17.5 Å². The van der Waals surface area contributed by atoms with E-state index in [1.165, 1.54) is 0 Å². The summed E-state index contributed by atoms with van der Waals surface area (Å²) >= 11 is 0. The maximum atomic E-state index is 4.18. The van der Waals surface area contributed by atoms with Gasteiger partial charge in [-0.2, -0.15) is 0 Å². The molecule has 0 spiro atoms. The lowest BCUT2D eigenvalue weighted by molar-refractivity contribution is 1.16. The van der Waals surface area contributed by atoms with Crippen molar-refractivity contribution in [3.05, 3.63) is 35.2 Å². The van der Waals surface area contributed by atoms with Crippen molar-refractivity contribution in [3.63, 3.8) is 0 Å². The highest BCUT2D eigenvalue weighted by molar-refractivity contribution is 6.84. The van der Waals surface area contributed by atoms with Gasteiger partial charge in [-0.15, -0.1) is 0 Å². The zero-order valence-electron chi connectivity index (χ0n) is 9.18. The lowest BCUT2D eigenvalue weighted by Gasteiger charge is -1.99. The molecule has 0 bridgehead atoms. The number of fused-ring (bicyclic) bond motifs is 1. The molecule has 2 rings (SSSR count). The quantitative estimate of drug-likeness (QED) is 0.378. The predicted molar refractivity (Wildman–Crippen MR) is 63.9 cm³/mol. The topological polar surface area (TPSA) is 28.1 Å². The lowest BCUT2D eigenvalue weighted by Crippen LogP contribution is -2.26. The lowest BCUT2D eigenvalue weighted by atomic mass is 10.2. The third kappa shape index (κ3) is 2.24. The Morgan fingerprint density at radius 1 is 1.40 bits per heavy atom. The highest BCUT2D eigenvalue weighted by atomic mass is 28.3. The molecule has 1 aliphatic heterocycles. The number of rotatable bonds is 0. The van der Waals surface area contributed by atoms with E-state index in [0.29, 0.717) is 0 Å². The molecule has 1 aliphatic rings. The Labute approximate surface area is 90.5 Å². The van der Waals surface area contributed by atoms with Gasteiger partial charge in [-0.25, -0.2) is 4.99 Å². The van der Waals surface area contributed by atoms with Gasteiger partial charge >= 0.3 is 0 Å². The summed E-state index contributed by atoms with van der Waals surface area (Å²) in [4.78, 5) is 7.25. The van der Waals surface area contributed by atoms with Crippen LogP contribution in [0.15, 0.2) is 23.5 Å². The van der Waals surface area contributed by atoms with Crippen LogP contribution in [0.25, 0.3) is 5.57 Å². The van der Waals surface area contributed by atoms with E-state index < -0.39 is 8.07 Å². The van der Waals surface area contributed by atoms with Crippen molar-refractivity contribution in [2.45, 2.75) is 19.6 Å². The number of hydrogen-bond donors (Lipinski definition) is 1. The van der Waals surface area contributed by atoms with Gasteiger partial charge in [0.05, 0.1) is 6.08 Å². The fourth-order valence-electron chi connectivity index (χ4n) is 1.26. The van der Waals surface area contributed by atoms with Gasteiger partial charge in [-0.3, -0.25) is 0 Å². The predicted octanol–water partition coefficient (Wildman–Crippen LogP) is 0.996. The van der Waals surface area contributed by atoms with Crippen LogP contribution < -0.4 is 10.7 Å². The van der Waals surface area contributed by atoms with Crippen LogP contribution in [0.3, 0.4) is 0 Å². The van der Waals surface area contributed by atoms with Crippen molar-refractivity contribution in [2.24, 2.45) is 4.99 Å². The summed E-state index contributed by atoms with van der Waals surface area (Å²) in [6.07, 6.45) is 6.64. The number of hydrogen-bond acceptors (Lipinski definition) is 1. The van der Waals surface area contributed by atoms with Crippen molar-refractivity contribution in [3.8, 4) is 11.5 Å². The Bertz CT molecular complexity index is 574. The molecule has 0 saturated carbocycles. The van der Waals surface area contributed by atoms with Crippen molar-refractivity contribution in [1.29, 1.82) is 0 Å². The molecular formula is C12H13N2Si+. The smallest absolute Gasteiger partial charge is 0.263 e. The summed E-state index contributed by atoms with van der Waals surface area (Å²) in [6.45, 7) is 6.69. The van der Waals surface area contributed by atoms with Crippen LogP contribution in [0.4, 0.5) is 0 Å². The third-order valence-electron chi connectivity index (χ3n) is 1.96. The Hall–Kier alpha value is -1.62. The Morgan fingerprint density at radius 2 is 2.20 bits per heavy atom. The molecule has 2 nitrogen and oxygen atoms in total. The van der Waals surface area contributed by atoms with Crippen LogP contribution in [0.2, 0.25) is 19.6 Å². The highest BCUT2D eigenvalue weighted by Crippen LogP contribution is 2.00. The number of nitrogens with one attached hydrogen (secondary N) is 1. The molecule has 3 heteroatoms. The van der Waals surface area contributed by atoms with E-state index in [9.17, 15) is 0 Å². The summed E-state index contributed by atoms with van der Waals surface area (Å²) in [5, 5.41) is 1.06. The van der Waals surface area contributed by atoms with E-state index in [1.54, 1.807) is 6.20 Å². The average molecular weight is 213 g/mol. The highest BCUT2D eigenvalue weighted by Gasteiger charge is 2.14. The van der Waals surface area contributed by atoms with Crippen LogP contribution in [-0.2, 0) is 0 Å². The van der Waals surface area contributed by atoms with Gasteiger partial charge in [0, 0.05) is 12.3 Å². The molecule has 0 amide bonds. The molecule has 1 aromatic heterocycles. The van der Waals surface area contributed by atoms with Crippen LogP contribution >= 0.6 is 0 Å². The molecule has 0 aromatic carbocycles. The van der Waals surface area contributed by atoms with Crippen molar-refractivity contribution >= 4 is 13.6 Å². The summed E-state index contributed by atoms with van der Waals surface area (Å²) < 4.78 is 0. The van der Waals surface area contributed by atoms with E-state index in [0.717, 1.165) is 16.3 Å². The molecule has 1 N–H and O–H groups in total. The fourth-order valence-corrected chi connectivity index (χ4v) is 1.76. The number of allylic oxidation sites excluding steroid dienone is 1. The van der Waals surface area contributed by atoms with Gasteiger partial charge in [0.1, 0.15) is 25.4 Å². The Morgan fingerprint density at radius 3 is 2.93 bits per heavy atom. The van der Waals surface area contributed by atoms with Crippen molar-refractivity contribution in [1.82, 2.24) is 4.98 Å². The normalized spacial score (nSPS) is 13.4. The van der Waals surface area contributed by atoms with Gasteiger partial charge in [0.2, 0.25) is 5.49 Å². The number of aromatic amines is 1. The molecule has 74 valence electrons. The van der Waals surface area contributed by atoms with E-state index in [2.05, 4.69) is 47.2 Å². The monoisotopic (exact) mass is 213 g/mol. The van der Waals surface area contributed by atoms with Crippen molar-refractivity contribution < 1.29 is 0 Å². The Kier molecular flexibility index (Phi) is 2.32. The Balaban J connectivity index is 2.56. The molecule has 0 radical (unpaired) electrons. The molecule has 2 heterocycles. The second-order valence-corrected chi connectivity index (χ2v) is 9.27. The van der Waals surface area contributed by atoms with Gasteiger partial charge in [0.25, 0.3) is 5.57 Å². The molecule has 0 atom stereocenters. The maximum absolute atomic E-state index is 4.18. The first-order chi connectivity index (χ1) is 7.06. The van der Waals surface area contributed by atoms with E-state index in [-0.39, 0.29) is 0 Å². The average Bonchev–Trinajstić information content (AvgIpc) is 2.61. The molecule has 0 aliphatic carbocycles. The zero-order chi connectivity index (χ0) is 10.9. The zero-order valence-corrected chi connectivity index (χ0v) is 10.2. The van der Waals surface area contributed by atoms with Crippen LogP contribution in [0.5, 0.6) is 0 Å². The largest absolute Gasteiger partial charge is 0.334 e. The first-order valence-corrected chi connectivity index (χ1v) is 8.43. The minimum absolute atomic E-state index is 0.883. The SMILES string of the molecule is C[Si](C)(C)C#CC1=c2cc[nH]c2=NC=[C+]1. The summed E-state index contributed by atoms with van der Waals surface area (Å²) in [5.74, 6) is 3.21. The maximum Gasteiger partial charge on any atom is 0.263 e. The van der Waals surface area contributed by atoms with Crippen molar-refractivity contribution in [2.75, 3.05) is 0 Å². The van der Waals surface area contributed by atoms with Gasteiger partial charge in [0.15, 0.2) is 0 Å². The van der Waals surface area contributed by atoms with Crippen LogP contribution in [-0.4, -0.2) is 13.1 Å². The van der Waals surface area contributed by atoms with Gasteiger partial charge < -0.3 is 4.98 Å². The first-order valence-electron chi connectivity index (χ1n) is 4.93. The molecule has 0 saturated heterocycles. The summed E-state index contributed by atoms with van der Waals surface area (Å²) in [7, 11) is -1.32. The van der Waals surface area contributed by atoms with E-state index in [4.69, 9.17) is 0 Å². The fraction of sp³-hybridized carbons (Fsp3) is 0.250. The van der Waals surface area contributed by atoms with Gasteiger partial charge in [-0.1, -0.05) is 19.6 Å².